The molecule has 1 saturated heterocycles. The van der Waals surface area contributed by atoms with E-state index < -0.39 is 11.9 Å². The highest BCUT2D eigenvalue weighted by atomic mass is 79.9. The summed E-state index contributed by atoms with van der Waals surface area (Å²) in [6.45, 7) is 3.97. The maximum Gasteiger partial charge on any atom is 0.326 e. The van der Waals surface area contributed by atoms with Gasteiger partial charge < -0.3 is 9.88 Å². The number of urea groups is 1. The molecule has 0 spiro atoms. The Morgan fingerprint density at radius 1 is 1.00 bits per heavy atom. The van der Waals surface area contributed by atoms with Gasteiger partial charge in [0.25, 0.3) is 5.91 Å². The molecule has 2 heterocycles. The van der Waals surface area contributed by atoms with Crippen molar-refractivity contribution in [1.29, 1.82) is 0 Å². The summed E-state index contributed by atoms with van der Waals surface area (Å²) in [5, 5.41) is 4.71. The van der Waals surface area contributed by atoms with Gasteiger partial charge in [0.05, 0.1) is 0 Å². The van der Waals surface area contributed by atoms with E-state index in [9.17, 15) is 9.59 Å². The first-order chi connectivity index (χ1) is 10.9. The minimum atomic E-state index is -0.501. The van der Waals surface area contributed by atoms with Crippen molar-refractivity contribution in [3.05, 3.63) is 55.9 Å². The van der Waals surface area contributed by atoms with Crippen LogP contribution in [0.5, 0.6) is 0 Å². The average molecular weight is 439 g/mol. The quantitative estimate of drug-likeness (QED) is 0.553. The third-order valence-electron chi connectivity index (χ3n) is 3.71. The van der Waals surface area contributed by atoms with Gasteiger partial charge in [-0.1, -0.05) is 15.9 Å². The van der Waals surface area contributed by atoms with Crippen LogP contribution >= 0.6 is 31.9 Å². The Morgan fingerprint density at radius 3 is 2.22 bits per heavy atom. The molecule has 2 N–H and O–H groups in total. The summed E-state index contributed by atoms with van der Waals surface area (Å²) in [5.74, 6) is -0.421. The van der Waals surface area contributed by atoms with Crippen molar-refractivity contribution in [2.24, 2.45) is 0 Å². The number of nitrogens with one attached hydrogen (secondary N) is 2. The fourth-order valence-electron chi connectivity index (χ4n) is 2.60. The number of carbonyl (C=O) groups is 2. The smallest absolute Gasteiger partial charge is 0.317 e. The van der Waals surface area contributed by atoms with Gasteiger partial charge in [-0.15, -0.1) is 0 Å². The molecule has 3 rings (SSSR count). The van der Waals surface area contributed by atoms with Gasteiger partial charge in [-0.25, -0.2) is 4.79 Å². The third-order valence-corrected chi connectivity index (χ3v) is 5.24. The van der Waals surface area contributed by atoms with E-state index in [-0.39, 0.29) is 5.70 Å². The molecular formula is C16H13Br2N3O2. The zero-order chi connectivity index (χ0) is 16.7. The van der Waals surface area contributed by atoms with Crippen LogP contribution in [0.3, 0.4) is 0 Å². The molecule has 118 valence electrons. The number of hydrogen-bond acceptors (Lipinski definition) is 2. The van der Waals surface area contributed by atoms with E-state index in [0.29, 0.717) is 0 Å². The molecule has 0 aliphatic carbocycles. The molecule has 0 unspecified atom stereocenters. The van der Waals surface area contributed by atoms with Crippen molar-refractivity contribution < 1.29 is 9.59 Å². The van der Waals surface area contributed by atoms with Crippen molar-refractivity contribution in [3.63, 3.8) is 0 Å². The van der Waals surface area contributed by atoms with Crippen molar-refractivity contribution in [3.8, 4) is 5.69 Å². The summed E-state index contributed by atoms with van der Waals surface area (Å²) in [5.41, 5.74) is 4.11. The van der Waals surface area contributed by atoms with Crippen LogP contribution in [0.2, 0.25) is 0 Å². The van der Waals surface area contributed by atoms with Gasteiger partial charge in [0.2, 0.25) is 0 Å². The average Bonchev–Trinajstić information content (AvgIpc) is 2.92. The minimum absolute atomic E-state index is 0.242. The normalized spacial score (nSPS) is 15.9. The summed E-state index contributed by atoms with van der Waals surface area (Å²) in [4.78, 5) is 23.0. The van der Waals surface area contributed by atoms with Crippen molar-refractivity contribution >= 4 is 49.9 Å². The van der Waals surface area contributed by atoms with Crippen LogP contribution in [0.15, 0.2) is 38.9 Å². The highest BCUT2D eigenvalue weighted by Gasteiger charge is 2.24. The van der Waals surface area contributed by atoms with Gasteiger partial charge in [0.1, 0.15) is 5.70 Å². The summed E-state index contributed by atoms with van der Waals surface area (Å²) in [7, 11) is 0. The Labute approximate surface area is 150 Å². The number of benzene rings is 1. The number of aromatic nitrogens is 1. The van der Waals surface area contributed by atoms with Crippen LogP contribution in [0.4, 0.5) is 4.79 Å². The molecular weight excluding hydrogens is 426 g/mol. The van der Waals surface area contributed by atoms with Crippen LogP contribution in [-0.2, 0) is 4.79 Å². The Morgan fingerprint density at radius 2 is 1.65 bits per heavy atom. The maximum atomic E-state index is 11.7. The number of rotatable bonds is 2. The number of imide groups is 1. The fourth-order valence-corrected chi connectivity index (χ4v) is 3.44. The molecule has 2 aromatic rings. The van der Waals surface area contributed by atoms with Crippen LogP contribution in [0.25, 0.3) is 11.8 Å². The third kappa shape index (κ3) is 2.86. The number of nitrogens with zero attached hydrogens (tertiary/aromatic N) is 1. The molecule has 1 aliphatic heterocycles. The van der Waals surface area contributed by atoms with E-state index in [0.717, 1.165) is 31.6 Å². The molecule has 1 aromatic heterocycles. The molecule has 0 saturated carbocycles. The highest BCUT2D eigenvalue weighted by molar-refractivity contribution is 9.10. The predicted octanol–water partition coefficient (Wildman–Crippen LogP) is 3.80. The lowest BCUT2D eigenvalue weighted by Gasteiger charge is -2.09. The van der Waals surface area contributed by atoms with Gasteiger partial charge in [-0.05, 0) is 60.1 Å². The molecule has 0 atom stereocenters. The van der Waals surface area contributed by atoms with Crippen LogP contribution < -0.4 is 10.6 Å². The number of amides is 3. The fraction of sp³-hybridized carbons (Fsp3) is 0.125. The Kier molecular flexibility index (Phi) is 4.16. The number of carbonyl (C=O) groups excluding carboxylic acids is 2. The Hall–Kier alpha value is -1.86. The van der Waals surface area contributed by atoms with Crippen molar-refractivity contribution in [2.45, 2.75) is 13.8 Å². The second-order valence-corrected chi connectivity index (χ2v) is 6.89. The second-order valence-electron chi connectivity index (χ2n) is 5.18. The molecule has 5 nitrogen and oxygen atoms in total. The molecule has 1 aromatic carbocycles. The van der Waals surface area contributed by atoms with E-state index in [4.69, 9.17) is 0 Å². The lowest BCUT2D eigenvalue weighted by Crippen LogP contribution is -2.22. The summed E-state index contributed by atoms with van der Waals surface area (Å²) in [6, 6.07) is 7.48. The Bertz CT molecular complexity index is 851. The highest BCUT2D eigenvalue weighted by Crippen LogP contribution is 2.32. The van der Waals surface area contributed by atoms with E-state index >= 15 is 0 Å². The zero-order valence-corrected chi connectivity index (χ0v) is 15.6. The van der Waals surface area contributed by atoms with Gasteiger partial charge in [0, 0.05) is 31.6 Å². The van der Waals surface area contributed by atoms with E-state index in [2.05, 4.69) is 47.1 Å². The Balaban J connectivity index is 2.12. The molecule has 7 heteroatoms. The SMILES string of the molecule is Cc1c(Br)c(/C=C2/NC(=O)NC2=O)c(C)n1-c1ccc(Br)cc1. The van der Waals surface area contributed by atoms with E-state index in [1.54, 1.807) is 6.08 Å². The van der Waals surface area contributed by atoms with Gasteiger partial charge >= 0.3 is 6.03 Å². The summed E-state index contributed by atoms with van der Waals surface area (Å²) < 4.78 is 3.99. The monoisotopic (exact) mass is 437 g/mol. The number of hydrogen-bond donors (Lipinski definition) is 2. The standard InChI is InChI=1S/C16H13Br2N3O2/c1-8-12(7-13-15(22)20-16(23)19-13)14(18)9(2)21(8)11-5-3-10(17)4-6-11/h3-7H,1-2H3,(H2,19,20,22,23)/b13-7+. The van der Waals surface area contributed by atoms with Gasteiger partial charge in [0.15, 0.2) is 0 Å². The number of halogens is 2. The van der Waals surface area contributed by atoms with Crippen molar-refractivity contribution in [1.82, 2.24) is 15.2 Å². The van der Waals surface area contributed by atoms with Gasteiger partial charge in [-0.3, -0.25) is 10.1 Å². The summed E-state index contributed by atoms with van der Waals surface area (Å²) in [6.07, 6.45) is 1.68. The molecule has 1 fully saturated rings. The zero-order valence-electron chi connectivity index (χ0n) is 12.4. The first-order valence-corrected chi connectivity index (χ1v) is 8.44. The molecule has 1 aliphatic rings. The van der Waals surface area contributed by atoms with E-state index in [1.165, 1.54) is 0 Å². The van der Waals surface area contributed by atoms with Crippen LogP contribution in [0, 0.1) is 13.8 Å². The molecule has 23 heavy (non-hydrogen) atoms. The maximum absolute atomic E-state index is 11.7. The lowest BCUT2D eigenvalue weighted by molar-refractivity contribution is -0.115. The topological polar surface area (TPSA) is 63.1 Å². The van der Waals surface area contributed by atoms with Crippen LogP contribution in [0.1, 0.15) is 17.0 Å². The molecule has 0 radical (unpaired) electrons. The lowest BCUT2D eigenvalue weighted by atomic mass is 10.2. The summed E-state index contributed by atoms with van der Waals surface area (Å²) >= 11 is 7.02. The first kappa shape index (κ1) is 16.0. The van der Waals surface area contributed by atoms with Crippen LogP contribution in [-0.4, -0.2) is 16.5 Å². The van der Waals surface area contributed by atoms with E-state index in [1.807, 2.05) is 38.1 Å². The largest absolute Gasteiger partial charge is 0.326 e. The van der Waals surface area contributed by atoms with Crippen molar-refractivity contribution in [2.75, 3.05) is 0 Å². The molecule has 0 bridgehead atoms. The molecule has 3 amide bonds. The second kappa shape index (κ2) is 5.98. The van der Waals surface area contributed by atoms with Gasteiger partial charge in [-0.2, -0.15) is 0 Å². The predicted molar refractivity (Wildman–Crippen MR) is 95.3 cm³/mol. The minimum Gasteiger partial charge on any atom is -0.317 e. The first-order valence-electron chi connectivity index (χ1n) is 6.86.